The number of nitrogens with one attached hydrogen (secondary N) is 9. The Balaban J connectivity index is 1.60. The van der Waals surface area contributed by atoms with Crippen LogP contribution < -0.4 is 54.0 Å². The second kappa shape index (κ2) is 32.1. The first-order valence-electron chi connectivity index (χ1n) is 28.7. The Kier molecular flexibility index (Phi) is 25.8. The van der Waals surface area contributed by atoms with Crippen molar-refractivity contribution < 1.29 is 57.8 Å². The average Bonchev–Trinajstić information content (AvgIpc) is 4.48. The minimum absolute atomic E-state index is 0.0164. The molecule has 3 aliphatic heterocycles. The van der Waals surface area contributed by atoms with Gasteiger partial charge in [0.2, 0.25) is 65.0 Å². The lowest BCUT2D eigenvalue weighted by Crippen LogP contribution is -2.63. The van der Waals surface area contributed by atoms with Crippen LogP contribution in [-0.4, -0.2) is 181 Å². The Morgan fingerprint density at radius 2 is 1.24 bits per heavy atom. The highest BCUT2D eigenvalue weighted by atomic mass is 32.2. The minimum Gasteiger partial charge on any atom is -0.391 e. The first-order chi connectivity index (χ1) is 39.4. The summed E-state index contributed by atoms with van der Waals surface area (Å²) in [5.74, 6) is -9.92. The second-order valence-electron chi connectivity index (χ2n) is 22.5. The number of amides is 11. The van der Waals surface area contributed by atoms with Crippen LogP contribution in [0.15, 0.2) is 42.9 Å². The first kappa shape index (κ1) is 66.7. The summed E-state index contributed by atoms with van der Waals surface area (Å²) in [5.41, 5.74) is 12.5. The summed E-state index contributed by atoms with van der Waals surface area (Å²) in [7, 11) is 0. The summed E-state index contributed by atoms with van der Waals surface area (Å²) >= 11 is 1.26. The van der Waals surface area contributed by atoms with Crippen LogP contribution in [0.4, 0.5) is 0 Å². The van der Waals surface area contributed by atoms with E-state index in [4.69, 9.17) is 11.5 Å². The van der Waals surface area contributed by atoms with Crippen LogP contribution in [0.3, 0.4) is 0 Å². The van der Waals surface area contributed by atoms with Gasteiger partial charge in [-0.15, -0.1) is 11.8 Å². The predicted molar refractivity (Wildman–Crippen MR) is 307 cm³/mol. The van der Waals surface area contributed by atoms with Crippen LogP contribution in [0, 0.1) is 17.8 Å². The highest BCUT2D eigenvalue weighted by molar-refractivity contribution is 7.99. The van der Waals surface area contributed by atoms with Crippen molar-refractivity contribution in [3.8, 4) is 0 Å². The molecule has 2 aromatic rings. The molecule has 0 bridgehead atoms. The van der Waals surface area contributed by atoms with Crippen molar-refractivity contribution in [3.05, 3.63) is 54.1 Å². The van der Waals surface area contributed by atoms with Crippen LogP contribution in [-0.2, 0) is 65.6 Å². The third-order valence-corrected chi connectivity index (χ3v) is 16.1. The van der Waals surface area contributed by atoms with E-state index in [1.807, 2.05) is 0 Å². The van der Waals surface area contributed by atoms with E-state index < -0.39 is 143 Å². The Hall–Kier alpha value is -7.13. The molecule has 0 saturated carbocycles. The van der Waals surface area contributed by atoms with Gasteiger partial charge < -0.3 is 73.9 Å². The number of primary amides is 1. The number of hydrogen-bond donors (Lipinski definition) is 12. The second-order valence-corrected chi connectivity index (χ2v) is 23.5. The third kappa shape index (κ3) is 19.2. The molecule has 1 aromatic heterocycles. The lowest BCUT2D eigenvalue weighted by molar-refractivity contribution is -0.143. The summed E-state index contributed by atoms with van der Waals surface area (Å²) in [4.78, 5) is 167. The smallest absolute Gasteiger partial charge is 0.246 e. The monoisotopic (exact) mass is 1180 g/mol. The van der Waals surface area contributed by atoms with Crippen LogP contribution in [0.1, 0.15) is 118 Å². The number of H-pyrrole nitrogens is 1. The third-order valence-electron chi connectivity index (χ3n) is 15.1. The Morgan fingerprint density at radius 3 is 1.87 bits per heavy atom. The highest BCUT2D eigenvalue weighted by Gasteiger charge is 2.44. The van der Waals surface area contributed by atoms with E-state index in [0.717, 1.165) is 0 Å². The molecule has 0 unspecified atom stereocenters. The van der Waals surface area contributed by atoms with Gasteiger partial charge in [0.05, 0.1) is 18.3 Å². The van der Waals surface area contributed by atoms with Crippen LogP contribution in [0.2, 0.25) is 0 Å². The number of thioether (sulfide) groups is 1. The summed E-state index contributed by atoms with van der Waals surface area (Å²) in [6, 6.07) is -4.59. The molecule has 3 saturated heterocycles. The van der Waals surface area contributed by atoms with Crippen LogP contribution in [0.5, 0.6) is 0 Å². The van der Waals surface area contributed by atoms with Gasteiger partial charge in [-0.05, 0) is 81.7 Å². The lowest BCUT2D eigenvalue weighted by Gasteiger charge is -2.33. The van der Waals surface area contributed by atoms with Crippen molar-refractivity contribution >= 4 is 76.7 Å². The molecule has 11 amide bonds. The van der Waals surface area contributed by atoms with E-state index in [1.54, 1.807) is 71.9 Å². The molecule has 0 spiro atoms. The van der Waals surface area contributed by atoms with Crippen molar-refractivity contribution in [2.24, 2.45) is 29.2 Å². The number of benzene rings is 1. The zero-order chi connectivity index (χ0) is 61.1. The van der Waals surface area contributed by atoms with Crippen molar-refractivity contribution in [1.82, 2.24) is 62.3 Å². The SMILES string of the molecule is CC[C@H](C)[C@@H]1NC(=O)[C@H](CCCCN)NC(=O)[C@H](Cc2cnc[nH]2)NC(=O)[C@@H]2CSCN2C(=O)[C@@H](Cc2ccccc2)NC(=O)[C@H](CC(C)C)NC(=O)[C@H]([C@@H](C)O)NC(=O)[C@H](C(C)C)NC(=O)[C@@H]2CCCN2C(=O)[C@@H](CCC(N)=O)NC1=O. The zero-order valence-electron chi connectivity index (χ0n) is 48.6. The van der Waals surface area contributed by atoms with E-state index in [-0.39, 0.29) is 75.6 Å². The van der Waals surface area contributed by atoms with E-state index in [9.17, 15) is 57.8 Å². The highest BCUT2D eigenvalue weighted by Crippen LogP contribution is 2.25. The molecule has 12 atom stereocenters. The normalized spacial score (nSPS) is 27.0. The minimum atomic E-state index is -1.67. The van der Waals surface area contributed by atoms with Crippen molar-refractivity contribution in [1.29, 1.82) is 0 Å². The van der Waals surface area contributed by atoms with Gasteiger partial charge in [-0.1, -0.05) is 78.3 Å². The number of imidazole rings is 1. The summed E-state index contributed by atoms with van der Waals surface area (Å²) in [6.07, 6.45) is 2.19. The lowest BCUT2D eigenvalue weighted by atomic mass is 9.96. The number of aliphatic hydroxyl groups is 1. The van der Waals surface area contributed by atoms with E-state index in [2.05, 4.69) is 52.5 Å². The maximum absolute atomic E-state index is 14.9. The predicted octanol–water partition coefficient (Wildman–Crippen LogP) is -1.50. The molecular weight excluding hydrogens is 1090 g/mol. The van der Waals surface area contributed by atoms with E-state index in [0.29, 0.717) is 36.9 Å². The maximum Gasteiger partial charge on any atom is 0.246 e. The molecule has 26 nitrogen and oxygen atoms in total. The Morgan fingerprint density at radius 1 is 0.663 bits per heavy atom. The molecular formula is C56H86N14O12S. The number of carbonyl (C=O) groups is 11. The number of aromatic amines is 1. The number of nitrogens with two attached hydrogens (primary N) is 2. The van der Waals surface area contributed by atoms with Gasteiger partial charge >= 0.3 is 0 Å². The van der Waals surface area contributed by atoms with Gasteiger partial charge in [0.1, 0.15) is 60.4 Å². The number of rotatable bonds is 17. The summed E-state index contributed by atoms with van der Waals surface area (Å²) in [5, 5.41) is 32.9. The van der Waals surface area contributed by atoms with Gasteiger partial charge in [-0.3, -0.25) is 52.7 Å². The number of carbonyl (C=O) groups excluding carboxylic acids is 11. The zero-order valence-corrected chi connectivity index (χ0v) is 49.4. The standard InChI is InChI=1S/C56H86N14O12S/c1-8-32(6)45-53(79)62-37(19-20-43(58)72)55(81)69-22-14-18-41(69)50(76)66-44(31(4)5)52(78)68-46(33(7)71)54(80)64-38(23-30(2)3)48(74)65-40(24-34-15-10-9-11-16-34)56(82)70-29-83-27-42(70)51(77)63-39(25-35-26-59-28-60-35)49(75)61-36(47(73)67-45)17-12-13-21-57/h9-11,15-16,26,28,30-33,36-42,44-46,71H,8,12-14,17-25,27,29,57H2,1-7H3,(H2,58,72)(H,59,60)(H,61,75)(H,62,79)(H,63,77)(H,64,80)(H,65,74)(H,66,76)(H,67,73)(H,68,78)/t32-,33+,36-,37+,38-,39-,40+,41-,42-,44-,45-,46-/m0/s1. The molecule has 14 N–H and O–H groups in total. The molecule has 0 aliphatic carbocycles. The van der Waals surface area contributed by atoms with Gasteiger partial charge in [0, 0.05) is 43.5 Å². The number of unbranched alkanes of at least 4 members (excludes halogenated alkanes) is 1. The number of aliphatic hydroxyl groups excluding tert-OH is 1. The topological polar surface area (TPSA) is 391 Å². The van der Waals surface area contributed by atoms with Crippen molar-refractivity contribution in [2.45, 2.75) is 186 Å². The van der Waals surface area contributed by atoms with Crippen LogP contribution >= 0.6 is 11.8 Å². The molecule has 3 aliphatic rings. The fourth-order valence-electron chi connectivity index (χ4n) is 10.2. The van der Waals surface area contributed by atoms with Gasteiger partial charge in [0.25, 0.3) is 0 Å². The molecule has 3 fully saturated rings. The largest absolute Gasteiger partial charge is 0.391 e. The van der Waals surface area contributed by atoms with Gasteiger partial charge in [-0.2, -0.15) is 0 Å². The molecule has 0 radical (unpaired) electrons. The maximum atomic E-state index is 14.9. The van der Waals surface area contributed by atoms with Crippen molar-refractivity contribution in [3.63, 3.8) is 0 Å². The Bertz CT molecular complexity index is 2570. The van der Waals surface area contributed by atoms with E-state index in [1.165, 1.54) is 41.0 Å². The van der Waals surface area contributed by atoms with E-state index >= 15 is 0 Å². The summed E-state index contributed by atoms with van der Waals surface area (Å²) in [6.45, 7) is 11.9. The number of hydrogen-bond acceptors (Lipinski definition) is 15. The average molecular weight is 1180 g/mol. The Labute approximate surface area is 488 Å². The van der Waals surface area contributed by atoms with Crippen LogP contribution in [0.25, 0.3) is 0 Å². The number of fused-ring (bicyclic) bond motifs is 2. The fourth-order valence-corrected chi connectivity index (χ4v) is 11.4. The molecule has 4 heterocycles. The van der Waals surface area contributed by atoms with Gasteiger partial charge in [0.15, 0.2) is 0 Å². The quantitative estimate of drug-likeness (QED) is 0.0803. The number of aromatic nitrogens is 2. The number of nitrogens with zero attached hydrogens (tertiary/aromatic N) is 3. The first-order valence-corrected chi connectivity index (χ1v) is 29.9. The van der Waals surface area contributed by atoms with Gasteiger partial charge in [-0.25, -0.2) is 4.98 Å². The molecule has 5 rings (SSSR count). The molecule has 1 aromatic carbocycles. The molecule has 27 heteroatoms. The molecule has 458 valence electrons. The fraction of sp³-hybridized carbons (Fsp3) is 0.643. The summed E-state index contributed by atoms with van der Waals surface area (Å²) < 4.78 is 0. The molecule has 83 heavy (non-hydrogen) atoms. The van der Waals surface area contributed by atoms with Crippen molar-refractivity contribution in [2.75, 3.05) is 24.7 Å².